The van der Waals surface area contributed by atoms with E-state index >= 15 is 0 Å². The zero-order valence-corrected chi connectivity index (χ0v) is 14.9. The highest BCUT2D eigenvalue weighted by Crippen LogP contribution is 2.29. The van der Waals surface area contributed by atoms with Crippen LogP contribution in [0.2, 0.25) is 0 Å². The van der Waals surface area contributed by atoms with Gasteiger partial charge in [0.1, 0.15) is 0 Å². The van der Waals surface area contributed by atoms with E-state index in [1.807, 2.05) is 35.2 Å². The molecule has 1 heterocycles. The van der Waals surface area contributed by atoms with Crippen LogP contribution < -0.4 is 10.2 Å². The third kappa shape index (κ3) is 3.50. The normalized spacial score (nSPS) is 16.5. The van der Waals surface area contributed by atoms with Gasteiger partial charge in [-0.05, 0) is 61.1 Å². The summed E-state index contributed by atoms with van der Waals surface area (Å²) in [6.07, 6.45) is 6.32. The second kappa shape index (κ2) is 7.32. The Kier molecular flexibility index (Phi) is 4.74. The summed E-state index contributed by atoms with van der Waals surface area (Å²) in [5, 5.41) is 2.96. The van der Waals surface area contributed by atoms with E-state index in [-0.39, 0.29) is 11.8 Å². The summed E-state index contributed by atoms with van der Waals surface area (Å²) in [7, 11) is 0. The molecule has 2 aliphatic rings. The van der Waals surface area contributed by atoms with Gasteiger partial charge < -0.3 is 10.2 Å². The monoisotopic (exact) mass is 348 g/mol. The second-order valence-electron chi connectivity index (χ2n) is 7.32. The van der Waals surface area contributed by atoms with Crippen molar-refractivity contribution in [3.63, 3.8) is 0 Å². The lowest BCUT2D eigenvalue weighted by atomic mass is 10.0. The molecule has 2 aromatic carbocycles. The summed E-state index contributed by atoms with van der Waals surface area (Å²) in [6, 6.07) is 15.3. The number of fused-ring (bicyclic) bond motifs is 1. The molecule has 4 rings (SSSR count). The van der Waals surface area contributed by atoms with Crippen LogP contribution in [0.3, 0.4) is 0 Å². The van der Waals surface area contributed by atoms with E-state index in [9.17, 15) is 9.59 Å². The molecule has 4 heteroatoms. The quantitative estimate of drug-likeness (QED) is 0.890. The maximum Gasteiger partial charge on any atom is 0.258 e. The Balaban J connectivity index is 1.40. The van der Waals surface area contributed by atoms with Gasteiger partial charge in [-0.1, -0.05) is 31.0 Å². The van der Waals surface area contributed by atoms with Crippen molar-refractivity contribution in [1.82, 2.24) is 0 Å². The molecule has 134 valence electrons. The molecule has 2 amide bonds. The minimum Gasteiger partial charge on any atom is -0.326 e. The largest absolute Gasteiger partial charge is 0.326 e. The number of carbonyl (C=O) groups is 2. The Morgan fingerprint density at radius 1 is 1.00 bits per heavy atom. The summed E-state index contributed by atoms with van der Waals surface area (Å²) in [6.45, 7) is 0.720. The molecule has 0 spiro atoms. The molecule has 0 aromatic heterocycles. The van der Waals surface area contributed by atoms with Crippen LogP contribution in [-0.2, 0) is 11.2 Å². The van der Waals surface area contributed by atoms with Crippen molar-refractivity contribution < 1.29 is 9.59 Å². The van der Waals surface area contributed by atoms with Crippen LogP contribution in [0.5, 0.6) is 0 Å². The van der Waals surface area contributed by atoms with Crippen LogP contribution in [0.15, 0.2) is 48.5 Å². The number of carbonyl (C=O) groups excluding carboxylic acids is 2. The van der Waals surface area contributed by atoms with Gasteiger partial charge in [0.15, 0.2) is 0 Å². The van der Waals surface area contributed by atoms with Crippen molar-refractivity contribution in [2.24, 2.45) is 5.92 Å². The first-order chi connectivity index (χ1) is 12.7. The average Bonchev–Trinajstić information content (AvgIpc) is 3.31. The van der Waals surface area contributed by atoms with Gasteiger partial charge in [-0.25, -0.2) is 0 Å². The summed E-state index contributed by atoms with van der Waals surface area (Å²) < 4.78 is 0. The molecule has 1 N–H and O–H groups in total. The molecule has 2 aromatic rings. The van der Waals surface area contributed by atoms with Gasteiger partial charge in [-0.15, -0.1) is 0 Å². The third-order valence-electron chi connectivity index (χ3n) is 5.50. The molecular weight excluding hydrogens is 324 g/mol. The molecule has 1 aliphatic heterocycles. The van der Waals surface area contributed by atoms with Crippen LogP contribution in [0.25, 0.3) is 0 Å². The van der Waals surface area contributed by atoms with E-state index in [0.29, 0.717) is 17.9 Å². The predicted molar refractivity (Wildman–Crippen MR) is 103 cm³/mol. The van der Waals surface area contributed by atoms with Gasteiger partial charge in [-0.2, -0.15) is 0 Å². The molecule has 0 unspecified atom stereocenters. The first kappa shape index (κ1) is 16.8. The minimum absolute atomic E-state index is 0.0128. The molecule has 0 bridgehead atoms. The smallest absolute Gasteiger partial charge is 0.258 e. The lowest BCUT2D eigenvalue weighted by Gasteiger charge is -2.17. The van der Waals surface area contributed by atoms with Gasteiger partial charge in [-0.3, -0.25) is 9.59 Å². The van der Waals surface area contributed by atoms with Crippen LogP contribution in [0.1, 0.15) is 48.0 Å². The van der Waals surface area contributed by atoms with Gasteiger partial charge in [0.25, 0.3) is 5.91 Å². The first-order valence-electron chi connectivity index (χ1n) is 9.50. The molecule has 1 fully saturated rings. The first-order valence-corrected chi connectivity index (χ1v) is 9.50. The molecule has 0 atom stereocenters. The van der Waals surface area contributed by atoms with Gasteiger partial charge >= 0.3 is 0 Å². The fourth-order valence-corrected chi connectivity index (χ4v) is 4.09. The fourth-order valence-electron chi connectivity index (χ4n) is 4.09. The number of para-hydroxylation sites is 1. The van der Waals surface area contributed by atoms with E-state index < -0.39 is 0 Å². The number of amides is 2. The van der Waals surface area contributed by atoms with E-state index in [0.717, 1.165) is 37.2 Å². The Morgan fingerprint density at radius 2 is 1.73 bits per heavy atom. The number of anilines is 2. The lowest BCUT2D eigenvalue weighted by Crippen LogP contribution is -2.28. The number of nitrogens with one attached hydrogen (secondary N) is 1. The van der Waals surface area contributed by atoms with Crippen molar-refractivity contribution in [2.75, 3.05) is 16.8 Å². The van der Waals surface area contributed by atoms with Gasteiger partial charge in [0.2, 0.25) is 5.91 Å². The standard InChI is InChI=1S/C22H24N2O2/c25-21(15-16-5-1-2-6-16)23-19-11-9-18(10-12-19)22(26)24-14-13-17-7-3-4-8-20(17)24/h3-4,7-12,16H,1-2,5-6,13-15H2,(H,23,25). The average molecular weight is 348 g/mol. The third-order valence-corrected chi connectivity index (χ3v) is 5.50. The number of hydrogen-bond acceptors (Lipinski definition) is 2. The highest BCUT2D eigenvalue weighted by atomic mass is 16.2. The highest BCUT2D eigenvalue weighted by Gasteiger charge is 2.25. The van der Waals surface area contributed by atoms with E-state index in [4.69, 9.17) is 0 Å². The van der Waals surface area contributed by atoms with Crippen LogP contribution in [-0.4, -0.2) is 18.4 Å². The number of hydrogen-bond donors (Lipinski definition) is 1. The SMILES string of the molecule is O=C(CC1CCCC1)Nc1ccc(C(=O)N2CCc3ccccc32)cc1. The van der Waals surface area contributed by atoms with E-state index in [2.05, 4.69) is 11.4 Å². The summed E-state index contributed by atoms with van der Waals surface area (Å²) in [5.74, 6) is 0.620. The number of nitrogens with zero attached hydrogens (tertiary/aromatic N) is 1. The molecule has 1 saturated carbocycles. The van der Waals surface area contributed by atoms with Crippen LogP contribution in [0.4, 0.5) is 11.4 Å². The van der Waals surface area contributed by atoms with Crippen molar-refractivity contribution in [3.05, 3.63) is 59.7 Å². The molecule has 4 nitrogen and oxygen atoms in total. The Morgan fingerprint density at radius 3 is 2.50 bits per heavy atom. The summed E-state index contributed by atoms with van der Waals surface area (Å²) in [4.78, 5) is 26.8. The van der Waals surface area contributed by atoms with Crippen LogP contribution in [0, 0.1) is 5.92 Å². The van der Waals surface area contributed by atoms with Crippen molar-refractivity contribution >= 4 is 23.2 Å². The number of benzene rings is 2. The second-order valence-corrected chi connectivity index (χ2v) is 7.32. The van der Waals surface area contributed by atoms with Gasteiger partial charge in [0.05, 0.1) is 0 Å². The maximum absolute atomic E-state index is 12.8. The molecule has 26 heavy (non-hydrogen) atoms. The minimum atomic E-state index is 0.0128. The van der Waals surface area contributed by atoms with Gasteiger partial charge in [0, 0.05) is 29.9 Å². The molecule has 0 saturated heterocycles. The maximum atomic E-state index is 12.8. The summed E-state index contributed by atoms with van der Waals surface area (Å²) >= 11 is 0. The topological polar surface area (TPSA) is 49.4 Å². The lowest BCUT2D eigenvalue weighted by molar-refractivity contribution is -0.117. The van der Waals surface area contributed by atoms with Crippen LogP contribution >= 0.6 is 0 Å². The Bertz CT molecular complexity index is 807. The number of rotatable bonds is 4. The highest BCUT2D eigenvalue weighted by molar-refractivity contribution is 6.07. The van der Waals surface area contributed by atoms with Crippen molar-refractivity contribution in [2.45, 2.75) is 38.5 Å². The summed E-state index contributed by atoms with van der Waals surface area (Å²) in [5.41, 5.74) is 3.63. The molecule has 0 radical (unpaired) electrons. The van der Waals surface area contributed by atoms with Crippen molar-refractivity contribution in [3.8, 4) is 0 Å². The Hall–Kier alpha value is -2.62. The molecular formula is C22H24N2O2. The zero-order valence-electron chi connectivity index (χ0n) is 14.9. The Labute approximate surface area is 154 Å². The van der Waals surface area contributed by atoms with E-state index in [1.165, 1.54) is 18.4 Å². The predicted octanol–water partition coefficient (Wildman–Crippen LogP) is 4.41. The van der Waals surface area contributed by atoms with Crippen molar-refractivity contribution in [1.29, 1.82) is 0 Å². The fraction of sp³-hybridized carbons (Fsp3) is 0.364. The zero-order chi connectivity index (χ0) is 17.9. The molecule has 1 aliphatic carbocycles. The van der Waals surface area contributed by atoms with E-state index in [1.54, 1.807) is 12.1 Å².